The van der Waals surface area contributed by atoms with Crippen molar-refractivity contribution in [2.75, 3.05) is 25.1 Å². The lowest BCUT2D eigenvalue weighted by molar-refractivity contribution is -0.163. The third-order valence-corrected chi connectivity index (χ3v) is 4.05. The molecule has 1 unspecified atom stereocenters. The van der Waals surface area contributed by atoms with Crippen molar-refractivity contribution in [3.8, 4) is 0 Å². The van der Waals surface area contributed by atoms with Gasteiger partial charge in [-0.15, -0.1) is 0 Å². The molecule has 1 fully saturated rings. The summed E-state index contributed by atoms with van der Waals surface area (Å²) in [5.74, 6) is -2.19. The fourth-order valence-electron chi connectivity index (χ4n) is 2.84. The highest BCUT2D eigenvalue weighted by molar-refractivity contribution is 6.02. The average molecular weight is 320 g/mol. The zero-order chi connectivity index (χ0) is 16.7. The number of rotatable bonds is 3. The Bertz CT molecular complexity index is 689. The van der Waals surface area contributed by atoms with Gasteiger partial charge in [0.25, 0.3) is 11.8 Å². The monoisotopic (exact) mass is 320 g/mol. The Kier molecular flexibility index (Phi) is 3.78. The van der Waals surface area contributed by atoms with Crippen LogP contribution in [0, 0.1) is 0 Å². The number of morpholine rings is 1. The minimum absolute atomic E-state index is 0.0703. The maximum absolute atomic E-state index is 12.4. The SMILES string of the molecule is CN1Cc2cc(N3CCO[C@H](C(O)C(=O)O)C3=O)ccc2C1=O. The summed E-state index contributed by atoms with van der Waals surface area (Å²) in [5, 5.41) is 18.4. The number of nitrogens with zero attached hydrogens (tertiary/aromatic N) is 2. The highest BCUT2D eigenvalue weighted by Gasteiger charge is 2.39. The summed E-state index contributed by atoms with van der Waals surface area (Å²) < 4.78 is 5.11. The predicted octanol–water partition coefficient (Wildman–Crippen LogP) is -0.550. The number of carbonyl (C=O) groups is 3. The van der Waals surface area contributed by atoms with Gasteiger partial charge in [0.05, 0.1) is 6.61 Å². The van der Waals surface area contributed by atoms with Gasteiger partial charge in [-0.3, -0.25) is 9.59 Å². The van der Waals surface area contributed by atoms with Crippen molar-refractivity contribution < 1.29 is 29.3 Å². The fraction of sp³-hybridized carbons (Fsp3) is 0.400. The number of amides is 2. The van der Waals surface area contributed by atoms with Crippen molar-refractivity contribution in [3.63, 3.8) is 0 Å². The van der Waals surface area contributed by atoms with E-state index in [0.717, 1.165) is 5.56 Å². The number of carbonyl (C=O) groups excluding carboxylic acids is 2. The van der Waals surface area contributed by atoms with E-state index in [2.05, 4.69) is 0 Å². The molecule has 0 bridgehead atoms. The van der Waals surface area contributed by atoms with E-state index in [4.69, 9.17) is 9.84 Å². The van der Waals surface area contributed by atoms with Gasteiger partial charge in [0.15, 0.2) is 12.2 Å². The van der Waals surface area contributed by atoms with Crippen LogP contribution in [0.5, 0.6) is 0 Å². The van der Waals surface area contributed by atoms with Gasteiger partial charge < -0.3 is 24.7 Å². The standard InChI is InChI=1S/C15H16N2O6/c1-16-7-8-6-9(2-3-10(8)13(16)19)17-4-5-23-12(14(17)20)11(18)15(21)22/h2-3,6,11-12,18H,4-5,7H2,1H3,(H,21,22)/t11?,12-/m1/s1. The third-order valence-electron chi connectivity index (χ3n) is 4.05. The average Bonchev–Trinajstić information content (AvgIpc) is 2.81. The normalized spacial score (nSPS) is 22.3. The molecule has 8 heteroatoms. The molecular formula is C15H16N2O6. The van der Waals surface area contributed by atoms with Crippen LogP contribution in [0.25, 0.3) is 0 Å². The van der Waals surface area contributed by atoms with Crippen molar-refractivity contribution >= 4 is 23.5 Å². The quantitative estimate of drug-likeness (QED) is 0.774. The molecule has 0 aromatic heterocycles. The minimum atomic E-state index is -1.91. The van der Waals surface area contributed by atoms with Crippen molar-refractivity contribution in [1.29, 1.82) is 0 Å². The Balaban J connectivity index is 1.87. The first-order chi connectivity index (χ1) is 10.9. The van der Waals surface area contributed by atoms with Crippen molar-refractivity contribution in [3.05, 3.63) is 29.3 Å². The number of anilines is 1. The molecule has 2 N–H and O–H groups in total. The van der Waals surface area contributed by atoms with Gasteiger partial charge in [0, 0.05) is 31.4 Å². The number of carboxylic acid groups (broad SMARTS) is 1. The van der Waals surface area contributed by atoms with E-state index in [0.29, 0.717) is 17.8 Å². The van der Waals surface area contributed by atoms with Gasteiger partial charge >= 0.3 is 5.97 Å². The molecule has 8 nitrogen and oxygen atoms in total. The van der Waals surface area contributed by atoms with Crippen LogP contribution in [0.15, 0.2) is 18.2 Å². The van der Waals surface area contributed by atoms with Crippen LogP contribution in [0.2, 0.25) is 0 Å². The zero-order valence-electron chi connectivity index (χ0n) is 12.4. The molecule has 1 aromatic carbocycles. The molecule has 0 aliphatic carbocycles. The first-order valence-electron chi connectivity index (χ1n) is 7.12. The van der Waals surface area contributed by atoms with Crippen molar-refractivity contribution in [1.82, 2.24) is 4.90 Å². The van der Waals surface area contributed by atoms with Crippen LogP contribution in [0.4, 0.5) is 5.69 Å². The second-order valence-corrected chi connectivity index (χ2v) is 5.57. The van der Waals surface area contributed by atoms with E-state index in [-0.39, 0.29) is 19.1 Å². The molecule has 2 atom stereocenters. The molecule has 1 saturated heterocycles. The number of hydrogen-bond donors (Lipinski definition) is 2. The molecule has 2 heterocycles. The highest BCUT2D eigenvalue weighted by atomic mass is 16.5. The van der Waals surface area contributed by atoms with Crippen molar-refractivity contribution in [2.45, 2.75) is 18.8 Å². The molecule has 3 rings (SSSR count). The fourth-order valence-corrected chi connectivity index (χ4v) is 2.84. The molecule has 2 aliphatic heterocycles. The van der Waals surface area contributed by atoms with Crippen LogP contribution >= 0.6 is 0 Å². The second-order valence-electron chi connectivity index (χ2n) is 5.57. The Hall–Kier alpha value is -2.45. The highest BCUT2D eigenvalue weighted by Crippen LogP contribution is 2.28. The van der Waals surface area contributed by atoms with Gasteiger partial charge in [0.1, 0.15) is 0 Å². The van der Waals surface area contributed by atoms with E-state index in [1.807, 2.05) is 0 Å². The lowest BCUT2D eigenvalue weighted by Gasteiger charge is -2.33. The van der Waals surface area contributed by atoms with E-state index >= 15 is 0 Å². The molecule has 2 amide bonds. The summed E-state index contributed by atoms with van der Waals surface area (Å²) in [4.78, 5) is 38.1. The number of hydrogen-bond acceptors (Lipinski definition) is 5. The molecule has 0 radical (unpaired) electrons. The molecule has 1 aromatic rings. The molecule has 0 saturated carbocycles. The maximum atomic E-state index is 12.4. The first-order valence-corrected chi connectivity index (χ1v) is 7.12. The van der Waals surface area contributed by atoms with Gasteiger partial charge in [0.2, 0.25) is 0 Å². The number of aliphatic carboxylic acids is 1. The van der Waals surface area contributed by atoms with E-state index < -0.39 is 24.1 Å². The van der Waals surface area contributed by atoms with Gasteiger partial charge in [-0.05, 0) is 23.8 Å². The lowest BCUT2D eigenvalue weighted by atomic mass is 10.1. The number of fused-ring (bicyclic) bond motifs is 1. The summed E-state index contributed by atoms with van der Waals surface area (Å²) in [6.07, 6.45) is -3.34. The molecule has 0 spiro atoms. The number of benzene rings is 1. The van der Waals surface area contributed by atoms with E-state index in [1.54, 1.807) is 30.1 Å². The molecule has 23 heavy (non-hydrogen) atoms. The maximum Gasteiger partial charge on any atom is 0.335 e. The number of aliphatic hydroxyl groups is 1. The number of carboxylic acids is 1. The largest absolute Gasteiger partial charge is 0.479 e. The Morgan fingerprint density at radius 1 is 1.39 bits per heavy atom. The number of aliphatic hydroxyl groups excluding tert-OH is 1. The van der Waals surface area contributed by atoms with Gasteiger partial charge in [-0.2, -0.15) is 0 Å². The summed E-state index contributed by atoms with van der Waals surface area (Å²) in [7, 11) is 1.70. The van der Waals surface area contributed by atoms with E-state index in [9.17, 15) is 19.5 Å². The summed E-state index contributed by atoms with van der Waals surface area (Å²) >= 11 is 0. The van der Waals surface area contributed by atoms with Crippen LogP contribution in [0.1, 0.15) is 15.9 Å². The zero-order valence-corrected chi connectivity index (χ0v) is 12.4. The van der Waals surface area contributed by atoms with Crippen LogP contribution in [0.3, 0.4) is 0 Å². The lowest BCUT2D eigenvalue weighted by Crippen LogP contribution is -2.54. The minimum Gasteiger partial charge on any atom is -0.479 e. The topological polar surface area (TPSA) is 107 Å². The summed E-state index contributed by atoms with van der Waals surface area (Å²) in [6.45, 7) is 0.836. The number of ether oxygens (including phenoxy) is 1. The smallest absolute Gasteiger partial charge is 0.335 e. The van der Waals surface area contributed by atoms with Crippen molar-refractivity contribution in [2.24, 2.45) is 0 Å². The van der Waals surface area contributed by atoms with E-state index in [1.165, 1.54) is 4.90 Å². The molecule has 2 aliphatic rings. The summed E-state index contributed by atoms with van der Waals surface area (Å²) in [6, 6.07) is 5.04. The van der Waals surface area contributed by atoms with Crippen LogP contribution in [-0.2, 0) is 20.9 Å². The summed E-state index contributed by atoms with van der Waals surface area (Å²) in [5.41, 5.74) is 1.96. The Labute approximate surface area is 131 Å². The second kappa shape index (κ2) is 5.64. The predicted molar refractivity (Wildman–Crippen MR) is 78.0 cm³/mol. The first kappa shape index (κ1) is 15.4. The van der Waals surface area contributed by atoms with Gasteiger partial charge in [-0.25, -0.2) is 4.79 Å². The van der Waals surface area contributed by atoms with Gasteiger partial charge in [-0.1, -0.05) is 0 Å². The van der Waals surface area contributed by atoms with Crippen LogP contribution < -0.4 is 4.90 Å². The molecular weight excluding hydrogens is 304 g/mol. The Morgan fingerprint density at radius 3 is 2.83 bits per heavy atom. The third kappa shape index (κ3) is 2.55. The van der Waals surface area contributed by atoms with Crippen LogP contribution in [-0.4, -0.2) is 65.3 Å². The Morgan fingerprint density at radius 2 is 2.13 bits per heavy atom. The molecule has 122 valence electrons.